The zero-order valence-corrected chi connectivity index (χ0v) is 17.9. The van der Waals surface area contributed by atoms with Crippen molar-refractivity contribution in [3.05, 3.63) is 51.6 Å². The van der Waals surface area contributed by atoms with Gasteiger partial charge in [0, 0.05) is 29.3 Å². The molecule has 1 aromatic carbocycles. The highest BCUT2D eigenvalue weighted by atomic mass is 32.1. The molecular weight excluding hydrogens is 405 g/mol. The molecule has 0 spiro atoms. The van der Waals surface area contributed by atoms with Gasteiger partial charge in [0.15, 0.2) is 0 Å². The summed E-state index contributed by atoms with van der Waals surface area (Å²) in [6.45, 7) is 2.30. The van der Waals surface area contributed by atoms with E-state index in [2.05, 4.69) is 5.32 Å². The molecular formula is C22H26FN3O3S. The van der Waals surface area contributed by atoms with Crippen LogP contribution in [-0.4, -0.2) is 30.2 Å². The van der Waals surface area contributed by atoms with Crippen molar-refractivity contribution in [1.82, 2.24) is 4.90 Å². The number of urea groups is 1. The van der Waals surface area contributed by atoms with Gasteiger partial charge in [-0.3, -0.25) is 4.90 Å². The summed E-state index contributed by atoms with van der Waals surface area (Å²) < 4.78 is 25.9. The van der Waals surface area contributed by atoms with Crippen LogP contribution in [-0.2, 0) is 11.3 Å². The molecule has 8 heteroatoms. The highest BCUT2D eigenvalue weighted by Crippen LogP contribution is 2.38. The monoisotopic (exact) mass is 431 g/mol. The number of carbonyl (C=O) groups is 1. The van der Waals surface area contributed by atoms with E-state index >= 15 is 0 Å². The van der Waals surface area contributed by atoms with Gasteiger partial charge in [-0.05, 0) is 49.8 Å². The van der Waals surface area contributed by atoms with Crippen LogP contribution in [0.3, 0.4) is 0 Å². The molecule has 160 valence electrons. The van der Waals surface area contributed by atoms with Crippen molar-refractivity contribution >= 4 is 28.8 Å². The third-order valence-electron chi connectivity index (χ3n) is 5.78. The Balaban J connectivity index is 1.67. The minimum Gasteiger partial charge on any atom is -0.485 e. The molecule has 6 nitrogen and oxygen atoms in total. The molecule has 2 heterocycles. The Bertz CT molecular complexity index is 974. The maximum Gasteiger partial charge on any atom is 0.319 e. The van der Waals surface area contributed by atoms with Gasteiger partial charge in [-0.15, -0.1) is 11.3 Å². The number of anilines is 1. The van der Waals surface area contributed by atoms with Gasteiger partial charge in [0.1, 0.15) is 17.7 Å². The zero-order valence-electron chi connectivity index (χ0n) is 17.1. The van der Waals surface area contributed by atoms with Crippen molar-refractivity contribution in [3.8, 4) is 5.75 Å². The number of rotatable bonds is 5. The Hall–Kier alpha value is -2.58. The van der Waals surface area contributed by atoms with Crippen LogP contribution < -0.4 is 15.8 Å². The van der Waals surface area contributed by atoms with Crippen LogP contribution >= 0.6 is 11.3 Å². The predicted molar refractivity (Wildman–Crippen MR) is 116 cm³/mol. The van der Waals surface area contributed by atoms with E-state index in [1.807, 2.05) is 18.4 Å². The summed E-state index contributed by atoms with van der Waals surface area (Å²) >= 11 is 1.57. The first-order chi connectivity index (χ1) is 14.5. The van der Waals surface area contributed by atoms with E-state index in [1.54, 1.807) is 24.5 Å². The molecule has 1 fully saturated rings. The van der Waals surface area contributed by atoms with Gasteiger partial charge < -0.3 is 20.5 Å². The summed E-state index contributed by atoms with van der Waals surface area (Å²) in [6.07, 6.45) is 3.79. The molecule has 0 bridgehead atoms. The second kappa shape index (κ2) is 8.65. The van der Waals surface area contributed by atoms with Crippen molar-refractivity contribution in [2.75, 3.05) is 12.4 Å². The lowest BCUT2D eigenvalue weighted by atomic mass is 9.94. The van der Waals surface area contributed by atoms with Gasteiger partial charge in [-0.25, -0.2) is 9.18 Å². The molecule has 1 saturated carbocycles. The van der Waals surface area contributed by atoms with Gasteiger partial charge in [0.05, 0.1) is 24.0 Å². The average Bonchev–Trinajstić information content (AvgIpc) is 3.20. The quantitative estimate of drug-likeness (QED) is 0.705. The number of carbonyl (C=O) groups excluding carboxylic acids is 1. The number of primary amides is 1. The van der Waals surface area contributed by atoms with Crippen LogP contribution in [0.1, 0.15) is 43.0 Å². The number of benzene rings is 1. The van der Waals surface area contributed by atoms with Crippen molar-refractivity contribution < 1.29 is 18.7 Å². The normalized spacial score (nSPS) is 21.4. The number of methoxy groups -OCH3 is 1. The molecule has 3 N–H and O–H groups in total. The van der Waals surface area contributed by atoms with Gasteiger partial charge in [0.2, 0.25) is 0 Å². The topological polar surface area (TPSA) is 76.8 Å². The lowest BCUT2D eigenvalue weighted by Crippen LogP contribution is -2.37. The van der Waals surface area contributed by atoms with Crippen LogP contribution in [0, 0.1) is 5.82 Å². The highest BCUT2D eigenvalue weighted by Gasteiger charge is 2.29. The summed E-state index contributed by atoms with van der Waals surface area (Å²) in [7, 11) is 1.68. The second-order valence-corrected chi connectivity index (χ2v) is 8.62. The summed E-state index contributed by atoms with van der Waals surface area (Å²) in [5, 5.41) is 5.36. The lowest BCUT2D eigenvalue weighted by Gasteiger charge is -2.32. The van der Waals surface area contributed by atoms with Crippen molar-refractivity contribution in [2.24, 2.45) is 5.73 Å². The number of ether oxygens (including phenoxy) is 2. The second-order valence-electron chi connectivity index (χ2n) is 7.62. The minimum atomic E-state index is -0.508. The molecule has 0 unspecified atom stereocenters. The van der Waals surface area contributed by atoms with Gasteiger partial charge in [0.25, 0.3) is 0 Å². The Morgan fingerprint density at radius 1 is 1.27 bits per heavy atom. The molecule has 2 amide bonds. The SMILES string of the molecule is CO[C@H]1CCCC[C@@H]1Oc1cc(F)ccc1NC1=C(C)N(C(N)=O)Cc2sccc21. The molecule has 1 aliphatic heterocycles. The maximum absolute atomic E-state index is 14.1. The summed E-state index contributed by atoms with van der Waals surface area (Å²) in [5.41, 5.74) is 8.71. The number of nitrogens with zero attached hydrogens (tertiary/aromatic N) is 1. The number of amides is 2. The largest absolute Gasteiger partial charge is 0.485 e. The number of hydrogen-bond donors (Lipinski definition) is 2. The van der Waals surface area contributed by atoms with E-state index in [9.17, 15) is 9.18 Å². The smallest absolute Gasteiger partial charge is 0.319 e. The molecule has 1 aromatic heterocycles. The fourth-order valence-corrected chi connectivity index (χ4v) is 5.01. The summed E-state index contributed by atoms with van der Waals surface area (Å²) in [6, 6.07) is 5.94. The average molecular weight is 432 g/mol. The number of nitrogens with one attached hydrogen (secondary N) is 1. The van der Waals surface area contributed by atoms with E-state index in [1.165, 1.54) is 17.0 Å². The van der Waals surface area contributed by atoms with Crippen LogP contribution in [0.4, 0.5) is 14.9 Å². The summed E-state index contributed by atoms with van der Waals surface area (Å²) in [4.78, 5) is 14.5. The van der Waals surface area contributed by atoms with Crippen molar-refractivity contribution in [3.63, 3.8) is 0 Å². The third kappa shape index (κ3) is 4.02. The Morgan fingerprint density at radius 2 is 2.03 bits per heavy atom. The van der Waals surface area contributed by atoms with Crippen LogP contribution in [0.15, 0.2) is 35.3 Å². The first-order valence-corrected chi connectivity index (χ1v) is 11.0. The first-order valence-electron chi connectivity index (χ1n) is 10.1. The fraction of sp³-hybridized carbons (Fsp3) is 0.409. The third-order valence-corrected chi connectivity index (χ3v) is 6.68. The zero-order chi connectivity index (χ0) is 21.3. The molecule has 0 saturated heterocycles. The van der Waals surface area contributed by atoms with E-state index in [0.29, 0.717) is 18.0 Å². The Labute approximate surface area is 179 Å². The van der Waals surface area contributed by atoms with E-state index in [0.717, 1.165) is 47.5 Å². The predicted octanol–water partition coefficient (Wildman–Crippen LogP) is 4.92. The molecule has 30 heavy (non-hydrogen) atoms. The molecule has 0 radical (unpaired) electrons. The van der Waals surface area contributed by atoms with E-state index in [4.69, 9.17) is 15.2 Å². The van der Waals surface area contributed by atoms with Crippen LogP contribution in [0.25, 0.3) is 5.70 Å². The van der Waals surface area contributed by atoms with Crippen LogP contribution in [0.2, 0.25) is 0 Å². The maximum atomic E-state index is 14.1. The molecule has 2 atom stereocenters. The Morgan fingerprint density at radius 3 is 2.77 bits per heavy atom. The number of fused-ring (bicyclic) bond motifs is 1. The van der Waals surface area contributed by atoms with E-state index in [-0.39, 0.29) is 18.0 Å². The first kappa shape index (κ1) is 20.7. The number of thiophene rings is 1. The Kier molecular flexibility index (Phi) is 5.97. The minimum absolute atomic E-state index is 0.0145. The van der Waals surface area contributed by atoms with E-state index < -0.39 is 6.03 Å². The lowest BCUT2D eigenvalue weighted by molar-refractivity contribution is -0.0227. The molecule has 4 rings (SSSR count). The molecule has 2 aliphatic rings. The van der Waals surface area contributed by atoms with Crippen molar-refractivity contribution in [1.29, 1.82) is 0 Å². The molecule has 1 aliphatic carbocycles. The van der Waals surface area contributed by atoms with Crippen LogP contribution in [0.5, 0.6) is 5.75 Å². The highest BCUT2D eigenvalue weighted by molar-refractivity contribution is 7.10. The number of allylic oxidation sites excluding steroid dienone is 1. The van der Waals surface area contributed by atoms with Gasteiger partial charge in [-0.2, -0.15) is 0 Å². The number of halogens is 1. The number of hydrogen-bond acceptors (Lipinski definition) is 5. The standard InChI is InChI=1S/C22H26FN3O3S/c1-13-21(15-9-10-30-20(15)12-26(13)22(24)27)25-16-8-7-14(23)11-19(16)29-18-6-4-3-5-17(18)28-2/h7-11,17-18,25H,3-6,12H2,1-2H3,(H2,24,27)/t17-,18-/m0/s1. The molecule has 2 aromatic rings. The summed E-state index contributed by atoms with van der Waals surface area (Å²) in [5.74, 6) is 0.0573. The van der Waals surface area contributed by atoms with Crippen molar-refractivity contribution in [2.45, 2.75) is 51.4 Å². The van der Waals surface area contributed by atoms with Gasteiger partial charge in [-0.1, -0.05) is 6.42 Å². The van der Waals surface area contributed by atoms with Gasteiger partial charge >= 0.3 is 6.03 Å². The number of nitrogens with two attached hydrogens (primary N) is 1. The fourth-order valence-electron chi connectivity index (χ4n) is 4.14.